The van der Waals surface area contributed by atoms with E-state index >= 15 is 0 Å². The van der Waals surface area contributed by atoms with E-state index in [0.29, 0.717) is 24.7 Å². The van der Waals surface area contributed by atoms with Crippen molar-refractivity contribution in [3.63, 3.8) is 0 Å². The third-order valence-electron chi connectivity index (χ3n) is 3.03. The second-order valence-corrected chi connectivity index (χ2v) is 5.38. The van der Waals surface area contributed by atoms with Crippen molar-refractivity contribution in [3.05, 3.63) is 34.1 Å². The molecule has 0 amide bonds. The molecule has 1 heterocycles. The molecular weight excluding hydrogens is 285 g/mol. The van der Waals surface area contributed by atoms with Crippen LogP contribution >= 0.6 is 15.9 Å². The zero-order valence-corrected chi connectivity index (χ0v) is 11.3. The van der Waals surface area contributed by atoms with Crippen LogP contribution in [0.5, 0.6) is 0 Å². The summed E-state index contributed by atoms with van der Waals surface area (Å²) in [7, 11) is 0. The predicted molar refractivity (Wildman–Crippen MR) is 69.3 cm³/mol. The van der Waals surface area contributed by atoms with E-state index in [1.165, 1.54) is 18.9 Å². The number of benzene rings is 1. The summed E-state index contributed by atoms with van der Waals surface area (Å²) in [5, 5.41) is 3.34. The number of nitrogens with one attached hydrogen (secondary N) is 1. The monoisotopic (exact) mass is 301 g/mol. The van der Waals surface area contributed by atoms with Crippen LogP contribution < -0.4 is 5.32 Å². The minimum Gasteiger partial charge on any atom is -0.376 e. The van der Waals surface area contributed by atoms with Gasteiger partial charge in [-0.3, -0.25) is 0 Å². The third kappa shape index (κ3) is 4.05. The summed E-state index contributed by atoms with van der Waals surface area (Å²) in [5.74, 6) is 0.364. The average Bonchev–Trinajstić information content (AvgIpc) is 2.33. The summed E-state index contributed by atoms with van der Waals surface area (Å²) in [6.45, 7) is 3.19. The number of halogens is 2. The van der Waals surface area contributed by atoms with Crippen LogP contribution in [0.2, 0.25) is 0 Å². The lowest BCUT2D eigenvalue weighted by Crippen LogP contribution is -2.32. The Kier molecular flexibility index (Phi) is 4.95. The van der Waals surface area contributed by atoms with Gasteiger partial charge in [-0.05, 0) is 37.4 Å². The number of ether oxygens (including phenoxy) is 1. The van der Waals surface area contributed by atoms with Gasteiger partial charge in [-0.15, -0.1) is 0 Å². The predicted octanol–water partition coefficient (Wildman–Crippen LogP) is 3.10. The number of hydrogen-bond donors (Lipinski definition) is 1. The van der Waals surface area contributed by atoms with Gasteiger partial charge in [0.1, 0.15) is 5.82 Å². The van der Waals surface area contributed by atoms with Crippen LogP contribution in [0, 0.1) is 11.7 Å². The molecule has 1 aliphatic heterocycles. The summed E-state index contributed by atoms with van der Waals surface area (Å²) in [6, 6.07) is 5.07. The Labute approximate surface area is 110 Å². The van der Waals surface area contributed by atoms with Gasteiger partial charge in [0.15, 0.2) is 0 Å². The maximum atomic E-state index is 13.5. The van der Waals surface area contributed by atoms with Gasteiger partial charge in [-0.1, -0.05) is 22.0 Å². The van der Waals surface area contributed by atoms with Gasteiger partial charge in [0.25, 0.3) is 0 Å². The lowest BCUT2D eigenvalue weighted by atomic mass is 10.0. The molecule has 1 fully saturated rings. The van der Waals surface area contributed by atoms with E-state index in [0.717, 1.165) is 17.6 Å². The summed E-state index contributed by atoms with van der Waals surface area (Å²) in [6.07, 6.45) is 2.41. The Morgan fingerprint density at radius 3 is 3.06 bits per heavy atom. The molecule has 0 spiro atoms. The largest absolute Gasteiger partial charge is 0.376 e. The Balaban J connectivity index is 1.77. The Hall–Kier alpha value is -0.450. The van der Waals surface area contributed by atoms with E-state index in [2.05, 4.69) is 21.2 Å². The highest BCUT2D eigenvalue weighted by atomic mass is 79.9. The second kappa shape index (κ2) is 6.47. The maximum Gasteiger partial charge on any atom is 0.129 e. The topological polar surface area (TPSA) is 21.3 Å². The van der Waals surface area contributed by atoms with Gasteiger partial charge in [0.05, 0.1) is 13.2 Å². The lowest BCUT2D eigenvalue weighted by molar-refractivity contribution is 0.0766. The highest BCUT2D eigenvalue weighted by Crippen LogP contribution is 2.17. The summed E-state index contributed by atoms with van der Waals surface area (Å²) in [4.78, 5) is 0. The molecule has 2 rings (SSSR count). The molecule has 0 aliphatic carbocycles. The normalized spacial score (nSPS) is 20.5. The molecule has 0 bridgehead atoms. The molecule has 0 radical (unpaired) electrons. The van der Waals surface area contributed by atoms with Gasteiger partial charge < -0.3 is 10.1 Å². The van der Waals surface area contributed by atoms with Gasteiger partial charge in [0.2, 0.25) is 0 Å². The molecule has 0 saturated carbocycles. The first-order valence-corrected chi connectivity index (χ1v) is 6.77. The smallest absolute Gasteiger partial charge is 0.129 e. The van der Waals surface area contributed by atoms with E-state index in [1.807, 2.05) is 6.07 Å². The molecule has 0 aromatic heterocycles. The Morgan fingerprint density at radius 1 is 1.47 bits per heavy atom. The number of hydrogen-bond acceptors (Lipinski definition) is 2. The van der Waals surface area contributed by atoms with E-state index in [9.17, 15) is 4.39 Å². The lowest BCUT2D eigenvalue weighted by Gasteiger charge is -2.22. The number of piperidine rings is 1. The van der Waals surface area contributed by atoms with Crippen molar-refractivity contribution in [2.45, 2.75) is 19.4 Å². The quantitative estimate of drug-likeness (QED) is 0.923. The molecule has 94 valence electrons. The van der Waals surface area contributed by atoms with Crippen LogP contribution in [0.15, 0.2) is 22.7 Å². The van der Waals surface area contributed by atoms with Crippen molar-refractivity contribution < 1.29 is 9.13 Å². The summed E-state index contributed by atoms with van der Waals surface area (Å²) >= 11 is 3.24. The van der Waals surface area contributed by atoms with Crippen LogP contribution in [0.4, 0.5) is 4.39 Å². The molecule has 4 heteroatoms. The van der Waals surface area contributed by atoms with Gasteiger partial charge >= 0.3 is 0 Å². The van der Waals surface area contributed by atoms with E-state index in [-0.39, 0.29) is 5.82 Å². The molecule has 1 unspecified atom stereocenters. The van der Waals surface area contributed by atoms with E-state index in [4.69, 9.17) is 4.74 Å². The van der Waals surface area contributed by atoms with Crippen molar-refractivity contribution >= 4 is 15.9 Å². The first-order valence-electron chi connectivity index (χ1n) is 5.98. The maximum absolute atomic E-state index is 13.5. The van der Waals surface area contributed by atoms with Crippen LogP contribution in [0.3, 0.4) is 0 Å². The second-order valence-electron chi connectivity index (χ2n) is 4.46. The molecular formula is C13H17BrFNO. The molecule has 2 nitrogen and oxygen atoms in total. The number of rotatable bonds is 4. The van der Waals surface area contributed by atoms with Crippen LogP contribution in [0.25, 0.3) is 0 Å². The van der Waals surface area contributed by atoms with Crippen LogP contribution in [0.1, 0.15) is 18.4 Å². The zero-order valence-electron chi connectivity index (χ0n) is 9.72. The van der Waals surface area contributed by atoms with Crippen molar-refractivity contribution in [3.8, 4) is 0 Å². The van der Waals surface area contributed by atoms with E-state index in [1.54, 1.807) is 6.07 Å². The Bertz CT molecular complexity index is 366. The SMILES string of the molecule is Fc1cc(Br)ccc1COCC1CCCNC1. The molecule has 17 heavy (non-hydrogen) atoms. The third-order valence-corrected chi connectivity index (χ3v) is 3.52. The van der Waals surface area contributed by atoms with Gasteiger partial charge in [0, 0.05) is 16.6 Å². The highest BCUT2D eigenvalue weighted by Gasteiger charge is 2.13. The fraction of sp³-hybridized carbons (Fsp3) is 0.538. The first-order chi connectivity index (χ1) is 8.25. The van der Waals surface area contributed by atoms with Crippen molar-refractivity contribution in [2.75, 3.05) is 19.7 Å². The minimum absolute atomic E-state index is 0.207. The molecule has 1 aromatic rings. The molecule has 1 atom stereocenters. The fourth-order valence-electron chi connectivity index (χ4n) is 2.04. The highest BCUT2D eigenvalue weighted by molar-refractivity contribution is 9.10. The fourth-order valence-corrected chi connectivity index (χ4v) is 2.37. The first kappa shape index (κ1) is 13.0. The van der Waals surface area contributed by atoms with Crippen molar-refractivity contribution in [2.24, 2.45) is 5.92 Å². The molecule has 1 aromatic carbocycles. The minimum atomic E-state index is -0.207. The standard InChI is InChI=1S/C13H17BrFNO/c14-12-4-3-11(13(15)6-12)9-17-8-10-2-1-5-16-7-10/h3-4,6,10,16H,1-2,5,7-9H2. The molecule has 1 aliphatic rings. The van der Waals surface area contributed by atoms with E-state index < -0.39 is 0 Å². The summed E-state index contributed by atoms with van der Waals surface area (Å²) in [5.41, 5.74) is 0.622. The molecule has 1 N–H and O–H groups in total. The zero-order chi connectivity index (χ0) is 12.1. The average molecular weight is 302 g/mol. The van der Waals surface area contributed by atoms with Crippen molar-refractivity contribution in [1.29, 1.82) is 0 Å². The van der Waals surface area contributed by atoms with Crippen LogP contribution in [-0.2, 0) is 11.3 Å². The Morgan fingerprint density at radius 2 is 2.35 bits per heavy atom. The molecule has 1 saturated heterocycles. The van der Waals surface area contributed by atoms with Crippen molar-refractivity contribution in [1.82, 2.24) is 5.32 Å². The van der Waals surface area contributed by atoms with Gasteiger partial charge in [-0.2, -0.15) is 0 Å². The summed E-state index contributed by atoms with van der Waals surface area (Å²) < 4.78 is 19.8. The van der Waals surface area contributed by atoms with Gasteiger partial charge in [-0.25, -0.2) is 4.39 Å². The van der Waals surface area contributed by atoms with Crippen LogP contribution in [-0.4, -0.2) is 19.7 Å².